The first-order valence-electron chi connectivity index (χ1n) is 4.01. The van der Waals surface area contributed by atoms with E-state index in [9.17, 15) is 0 Å². The van der Waals surface area contributed by atoms with E-state index in [0.29, 0.717) is 0 Å². The van der Waals surface area contributed by atoms with E-state index in [1.54, 1.807) is 31.0 Å². The Balaban J connectivity index is 1.94. The van der Waals surface area contributed by atoms with E-state index in [0.717, 1.165) is 12.4 Å². The van der Waals surface area contributed by atoms with E-state index in [1.807, 2.05) is 17.2 Å². The molecule has 0 N–H and O–H groups in total. The summed E-state index contributed by atoms with van der Waals surface area (Å²) >= 11 is 0. The normalized spacial score (nSPS) is 10.2. The fraction of sp³-hybridized carbons (Fsp3) is 0.111. The molecule has 0 aliphatic heterocycles. The lowest BCUT2D eigenvalue weighted by atomic mass is 10.4. The van der Waals surface area contributed by atoms with E-state index in [4.69, 9.17) is 0 Å². The Morgan fingerprint density at radius 3 is 2.77 bits per heavy atom. The summed E-state index contributed by atoms with van der Waals surface area (Å²) in [5.41, 5.74) is 0. The number of imidazole rings is 1. The van der Waals surface area contributed by atoms with Gasteiger partial charge in [-0.1, -0.05) is 0 Å². The second-order valence-electron chi connectivity index (χ2n) is 2.57. The van der Waals surface area contributed by atoms with Crippen LogP contribution in [0.2, 0.25) is 0 Å². The largest absolute Gasteiger partial charge is 0.337 e. The number of hydrogen-bond donors (Lipinski definition) is 0. The zero-order valence-electron chi connectivity index (χ0n) is 7.04. The standard InChI is InChI=1S/C9H9N4/c1-3-11-9(12-4-1)2-6-13-7-5-10-8-13/h1-5,7-8H,6H2. The third-order valence-corrected chi connectivity index (χ3v) is 1.63. The van der Waals surface area contributed by atoms with Crippen molar-refractivity contribution < 1.29 is 0 Å². The van der Waals surface area contributed by atoms with Crippen LogP contribution < -0.4 is 0 Å². The highest BCUT2D eigenvalue weighted by molar-refractivity contribution is 5.00. The van der Waals surface area contributed by atoms with Gasteiger partial charge in [0.15, 0.2) is 0 Å². The lowest BCUT2D eigenvalue weighted by Crippen LogP contribution is -1.99. The van der Waals surface area contributed by atoms with E-state index in [1.165, 1.54) is 0 Å². The molecule has 2 rings (SSSR count). The first-order valence-corrected chi connectivity index (χ1v) is 4.01. The highest BCUT2D eigenvalue weighted by Gasteiger charge is 1.95. The molecule has 2 aromatic heterocycles. The summed E-state index contributed by atoms with van der Waals surface area (Å²) in [5.74, 6) is 0.746. The molecule has 0 saturated heterocycles. The minimum absolute atomic E-state index is 0.746. The zero-order valence-corrected chi connectivity index (χ0v) is 7.04. The highest BCUT2D eigenvalue weighted by Crippen LogP contribution is 1.96. The molecule has 0 amide bonds. The lowest BCUT2D eigenvalue weighted by Gasteiger charge is -1.99. The zero-order chi connectivity index (χ0) is 8.93. The Labute approximate surface area is 76.3 Å². The molecule has 0 spiro atoms. The van der Waals surface area contributed by atoms with Crippen molar-refractivity contribution >= 4 is 0 Å². The van der Waals surface area contributed by atoms with Crippen molar-refractivity contribution in [1.29, 1.82) is 0 Å². The minimum Gasteiger partial charge on any atom is -0.337 e. The summed E-state index contributed by atoms with van der Waals surface area (Å²) in [6, 6.07) is 1.80. The summed E-state index contributed by atoms with van der Waals surface area (Å²) in [6.45, 7) is 0.754. The molecular weight excluding hydrogens is 164 g/mol. The first kappa shape index (κ1) is 7.91. The highest BCUT2D eigenvalue weighted by atomic mass is 15.0. The molecule has 2 heterocycles. The smallest absolute Gasteiger partial charge is 0.133 e. The van der Waals surface area contributed by atoms with Gasteiger partial charge in [-0.15, -0.1) is 0 Å². The van der Waals surface area contributed by atoms with Crippen molar-refractivity contribution in [2.75, 3.05) is 0 Å². The van der Waals surface area contributed by atoms with Gasteiger partial charge in [0.25, 0.3) is 0 Å². The van der Waals surface area contributed by atoms with Crippen molar-refractivity contribution in [3.63, 3.8) is 0 Å². The van der Waals surface area contributed by atoms with Crippen LogP contribution in [0.3, 0.4) is 0 Å². The van der Waals surface area contributed by atoms with Crippen molar-refractivity contribution in [2.24, 2.45) is 0 Å². The molecule has 0 saturated carbocycles. The van der Waals surface area contributed by atoms with Crippen LogP contribution in [0, 0.1) is 6.42 Å². The molecule has 4 heteroatoms. The summed E-state index contributed by atoms with van der Waals surface area (Å²) in [6.07, 6.45) is 10.8. The van der Waals surface area contributed by atoms with E-state index in [2.05, 4.69) is 15.0 Å². The Bertz CT molecular complexity index is 341. The van der Waals surface area contributed by atoms with Crippen molar-refractivity contribution in [1.82, 2.24) is 19.5 Å². The molecule has 2 aromatic rings. The van der Waals surface area contributed by atoms with Gasteiger partial charge in [-0.25, -0.2) is 15.0 Å². The second-order valence-corrected chi connectivity index (χ2v) is 2.57. The molecule has 65 valence electrons. The third kappa shape index (κ3) is 2.11. The van der Waals surface area contributed by atoms with Gasteiger partial charge in [-0.3, -0.25) is 0 Å². The van der Waals surface area contributed by atoms with Crippen LogP contribution in [0.5, 0.6) is 0 Å². The first-order chi connectivity index (χ1) is 6.45. The average Bonchev–Trinajstić information content (AvgIpc) is 2.69. The van der Waals surface area contributed by atoms with Gasteiger partial charge in [0.2, 0.25) is 0 Å². The van der Waals surface area contributed by atoms with Crippen molar-refractivity contribution in [2.45, 2.75) is 6.54 Å². The fourth-order valence-electron chi connectivity index (χ4n) is 0.998. The van der Waals surface area contributed by atoms with Gasteiger partial charge < -0.3 is 4.57 Å². The molecule has 0 aliphatic carbocycles. The second kappa shape index (κ2) is 3.80. The Hall–Kier alpha value is -1.71. The predicted octanol–water partition coefficient (Wildman–Crippen LogP) is 0.926. The van der Waals surface area contributed by atoms with Gasteiger partial charge >= 0.3 is 0 Å². The van der Waals surface area contributed by atoms with E-state index < -0.39 is 0 Å². The van der Waals surface area contributed by atoms with Crippen LogP contribution in [0.1, 0.15) is 5.82 Å². The van der Waals surface area contributed by atoms with Crippen LogP contribution >= 0.6 is 0 Å². The number of hydrogen-bond acceptors (Lipinski definition) is 3. The van der Waals surface area contributed by atoms with Crippen LogP contribution in [-0.4, -0.2) is 19.5 Å². The predicted molar refractivity (Wildman–Crippen MR) is 47.7 cm³/mol. The maximum absolute atomic E-state index is 4.08. The van der Waals surface area contributed by atoms with Crippen LogP contribution in [0.15, 0.2) is 37.2 Å². The fourth-order valence-corrected chi connectivity index (χ4v) is 0.998. The molecule has 4 nitrogen and oxygen atoms in total. The molecule has 0 aliphatic rings. The summed E-state index contributed by atoms with van der Waals surface area (Å²) in [5, 5.41) is 0. The van der Waals surface area contributed by atoms with Gasteiger partial charge in [-0.2, -0.15) is 0 Å². The van der Waals surface area contributed by atoms with Crippen LogP contribution in [-0.2, 0) is 6.54 Å². The van der Waals surface area contributed by atoms with Crippen LogP contribution in [0.4, 0.5) is 0 Å². The molecule has 0 aromatic carbocycles. The molecule has 1 radical (unpaired) electrons. The average molecular weight is 173 g/mol. The quantitative estimate of drug-likeness (QED) is 0.693. The SMILES string of the molecule is [CH](Cn1ccnc1)c1ncccn1. The molecule has 0 unspecified atom stereocenters. The third-order valence-electron chi connectivity index (χ3n) is 1.63. The minimum atomic E-state index is 0.746. The van der Waals surface area contributed by atoms with Gasteiger partial charge in [0.05, 0.1) is 6.33 Å². The molecule has 13 heavy (non-hydrogen) atoms. The molecular formula is C9H9N4. The maximum Gasteiger partial charge on any atom is 0.133 e. The number of aromatic nitrogens is 4. The van der Waals surface area contributed by atoms with Crippen molar-refractivity contribution in [3.8, 4) is 0 Å². The topological polar surface area (TPSA) is 43.6 Å². The van der Waals surface area contributed by atoms with Gasteiger partial charge in [0, 0.05) is 37.8 Å². The van der Waals surface area contributed by atoms with Gasteiger partial charge in [-0.05, 0) is 6.07 Å². The monoisotopic (exact) mass is 173 g/mol. The van der Waals surface area contributed by atoms with Crippen molar-refractivity contribution in [3.05, 3.63) is 49.4 Å². The number of nitrogens with zero attached hydrogens (tertiary/aromatic N) is 4. The Kier molecular flexibility index (Phi) is 2.31. The summed E-state index contributed by atoms with van der Waals surface area (Å²) in [4.78, 5) is 12.1. The Morgan fingerprint density at radius 2 is 2.08 bits per heavy atom. The van der Waals surface area contributed by atoms with E-state index >= 15 is 0 Å². The van der Waals surface area contributed by atoms with Crippen LogP contribution in [0.25, 0.3) is 0 Å². The summed E-state index contributed by atoms with van der Waals surface area (Å²) in [7, 11) is 0. The maximum atomic E-state index is 4.08. The molecule has 0 fully saturated rings. The summed E-state index contributed by atoms with van der Waals surface area (Å²) < 4.78 is 1.95. The van der Waals surface area contributed by atoms with E-state index in [-0.39, 0.29) is 0 Å². The molecule has 0 bridgehead atoms. The number of rotatable bonds is 3. The Morgan fingerprint density at radius 1 is 1.23 bits per heavy atom. The lowest BCUT2D eigenvalue weighted by molar-refractivity contribution is 0.771. The van der Waals surface area contributed by atoms with Gasteiger partial charge in [0.1, 0.15) is 5.82 Å². The molecule has 0 atom stereocenters.